The Morgan fingerprint density at radius 1 is 1.27 bits per heavy atom. The second-order valence-electron chi connectivity index (χ2n) is 7.73. The summed E-state index contributed by atoms with van der Waals surface area (Å²) in [5.41, 5.74) is 0.308. The number of amides is 1. The molecule has 2 aromatic rings. The maximum Gasteiger partial charge on any atom is 0.287 e. The van der Waals surface area contributed by atoms with Crippen LogP contribution in [0.25, 0.3) is 0 Å². The van der Waals surface area contributed by atoms with E-state index < -0.39 is 17.4 Å². The van der Waals surface area contributed by atoms with Crippen LogP contribution in [0.2, 0.25) is 5.02 Å². The van der Waals surface area contributed by atoms with Crippen LogP contribution in [-0.4, -0.2) is 42.0 Å². The van der Waals surface area contributed by atoms with E-state index in [0.717, 1.165) is 19.4 Å². The van der Waals surface area contributed by atoms with Gasteiger partial charge >= 0.3 is 0 Å². The first kappa shape index (κ1) is 20.8. The number of carbonyl (C=O) groups is 1. The fourth-order valence-corrected chi connectivity index (χ4v) is 4.20. The number of nitrogens with zero attached hydrogens (tertiary/aromatic N) is 3. The van der Waals surface area contributed by atoms with Crippen molar-refractivity contribution in [1.29, 1.82) is 0 Å². The van der Waals surface area contributed by atoms with E-state index in [-0.39, 0.29) is 23.0 Å². The summed E-state index contributed by atoms with van der Waals surface area (Å²) in [6, 6.07) is 5.76. The van der Waals surface area contributed by atoms with Gasteiger partial charge < -0.3 is 15.0 Å². The molecule has 1 aromatic heterocycles. The van der Waals surface area contributed by atoms with Gasteiger partial charge in [0.1, 0.15) is 10.8 Å². The molecule has 1 aromatic carbocycles. The number of para-hydroxylation sites is 1. The number of hydrogen-bond acceptors (Lipinski definition) is 5. The summed E-state index contributed by atoms with van der Waals surface area (Å²) in [6.07, 6.45) is 4.16. The van der Waals surface area contributed by atoms with Crippen molar-refractivity contribution in [1.82, 2.24) is 9.78 Å². The van der Waals surface area contributed by atoms with Crippen molar-refractivity contribution in [2.24, 2.45) is 5.92 Å². The van der Waals surface area contributed by atoms with Crippen LogP contribution in [0, 0.1) is 11.7 Å². The Balaban J connectivity index is 1.44. The predicted molar refractivity (Wildman–Crippen MR) is 113 cm³/mol. The number of halogens is 2. The van der Waals surface area contributed by atoms with Gasteiger partial charge in [-0.15, -0.1) is 0 Å². The second-order valence-corrected chi connectivity index (χ2v) is 8.11. The number of carbonyl (C=O) groups excluding carboxylic acids is 1. The van der Waals surface area contributed by atoms with Crippen LogP contribution >= 0.6 is 11.6 Å². The fourth-order valence-electron chi connectivity index (χ4n) is 4.00. The SMILES string of the molecule is O=C1C[C@@H](n2ncc(NC[C@H]3CCCOC3)c(Cl)c2=O)CCN1c1ccccc1F. The highest BCUT2D eigenvalue weighted by molar-refractivity contribution is 6.32. The van der Waals surface area contributed by atoms with Crippen molar-refractivity contribution < 1.29 is 13.9 Å². The maximum atomic E-state index is 14.0. The molecule has 2 aliphatic rings. The van der Waals surface area contributed by atoms with Crippen molar-refractivity contribution in [3.63, 3.8) is 0 Å². The average Bonchev–Trinajstić information content (AvgIpc) is 2.76. The third-order valence-electron chi connectivity index (χ3n) is 5.67. The first-order valence-corrected chi connectivity index (χ1v) is 10.6. The molecule has 9 heteroatoms. The van der Waals surface area contributed by atoms with Crippen molar-refractivity contribution in [2.75, 3.05) is 36.5 Å². The number of piperidine rings is 1. The molecule has 0 bridgehead atoms. The molecule has 0 unspecified atom stereocenters. The molecule has 3 heterocycles. The first-order chi connectivity index (χ1) is 14.5. The Kier molecular flexibility index (Phi) is 6.34. The standard InChI is InChI=1S/C21H24ClFN4O3/c22-20-17(24-11-14-4-3-9-30-13-14)12-25-27(21(20)29)15-7-8-26(19(28)10-15)18-6-2-1-5-16(18)23/h1-2,5-6,12,14-15,24H,3-4,7-11,13H2/t14-,15+/m1/s1. The third-order valence-corrected chi connectivity index (χ3v) is 6.03. The normalized spacial score (nSPS) is 22.2. The maximum absolute atomic E-state index is 14.0. The van der Waals surface area contributed by atoms with E-state index in [4.69, 9.17) is 16.3 Å². The summed E-state index contributed by atoms with van der Waals surface area (Å²) in [6.45, 7) is 2.45. The highest BCUT2D eigenvalue weighted by Gasteiger charge is 2.31. The van der Waals surface area contributed by atoms with Crippen molar-refractivity contribution in [2.45, 2.75) is 31.7 Å². The van der Waals surface area contributed by atoms with E-state index >= 15 is 0 Å². The van der Waals surface area contributed by atoms with E-state index in [1.807, 2.05) is 0 Å². The minimum absolute atomic E-state index is 0.0593. The van der Waals surface area contributed by atoms with Gasteiger partial charge in [-0.1, -0.05) is 23.7 Å². The lowest BCUT2D eigenvalue weighted by atomic mass is 10.0. The molecule has 7 nitrogen and oxygen atoms in total. The molecule has 4 rings (SSSR count). The first-order valence-electron chi connectivity index (χ1n) is 10.2. The highest BCUT2D eigenvalue weighted by Crippen LogP contribution is 2.29. The minimum Gasteiger partial charge on any atom is -0.382 e. The number of nitrogens with one attached hydrogen (secondary N) is 1. The summed E-state index contributed by atoms with van der Waals surface area (Å²) < 4.78 is 20.8. The van der Waals surface area contributed by atoms with Gasteiger partial charge in [-0.05, 0) is 37.3 Å². The predicted octanol–water partition coefficient (Wildman–Crippen LogP) is 3.24. The van der Waals surface area contributed by atoms with Crippen molar-refractivity contribution >= 4 is 28.9 Å². The van der Waals surface area contributed by atoms with E-state index in [1.165, 1.54) is 21.8 Å². The summed E-state index contributed by atoms with van der Waals surface area (Å²) in [5.74, 6) is -0.320. The molecule has 30 heavy (non-hydrogen) atoms. The van der Waals surface area contributed by atoms with E-state index in [2.05, 4.69) is 10.4 Å². The molecular formula is C21H24ClFN4O3. The number of rotatable bonds is 5. The number of hydrogen-bond donors (Lipinski definition) is 1. The number of anilines is 2. The number of aromatic nitrogens is 2. The van der Waals surface area contributed by atoms with E-state index in [9.17, 15) is 14.0 Å². The van der Waals surface area contributed by atoms with E-state index in [0.29, 0.717) is 37.7 Å². The Morgan fingerprint density at radius 2 is 2.10 bits per heavy atom. The quantitative estimate of drug-likeness (QED) is 0.781. The lowest BCUT2D eigenvalue weighted by Gasteiger charge is -2.32. The Hall–Kier alpha value is -2.45. The molecule has 2 atom stereocenters. The van der Waals surface area contributed by atoms with Gasteiger partial charge in [-0.2, -0.15) is 5.10 Å². The van der Waals surface area contributed by atoms with Crippen molar-refractivity contribution in [3.8, 4) is 0 Å². The summed E-state index contributed by atoms with van der Waals surface area (Å²) in [4.78, 5) is 26.8. The Morgan fingerprint density at radius 3 is 2.83 bits per heavy atom. The number of ether oxygens (including phenoxy) is 1. The lowest BCUT2D eigenvalue weighted by molar-refractivity contribution is -0.120. The molecule has 1 N–H and O–H groups in total. The minimum atomic E-state index is -0.443. The second kappa shape index (κ2) is 9.14. The zero-order chi connectivity index (χ0) is 21.1. The lowest BCUT2D eigenvalue weighted by Crippen LogP contribution is -2.42. The van der Waals surface area contributed by atoms with Crippen LogP contribution in [0.3, 0.4) is 0 Å². The van der Waals surface area contributed by atoms with Gasteiger partial charge in [0.25, 0.3) is 5.56 Å². The van der Waals surface area contributed by atoms with Gasteiger partial charge in [0.05, 0.1) is 30.2 Å². The van der Waals surface area contributed by atoms with Gasteiger partial charge in [0.15, 0.2) is 0 Å². The zero-order valence-corrected chi connectivity index (χ0v) is 17.3. The summed E-state index contributed by atoms with van der Waals surface area (Å²) in [7, 11) is 0. The van der Waals surface area contributed by atoms with Crippen LogP contribution < -0.4 is 15.8 Å². The Bertz CT molecular complexity index is 977. The topological polar surface area (TPSA) is 76.5 Å². The molecule has 2 fully saturated rings. The molecule has 2 saturated heterocycles. The summed E-state index contributed by atoms with van der Waals surface area (Å²) in [5, 5.41) is 7.51. The van der Waals surface area contributed by atoms with Crippen LogP contribution in [0.15, 0.2) is 35.3 Å². The smallest absolute Gasteiger partial charge is 0.287 e. The van der Waals surface area contributed by atoms with Crippen LogP contribution in [-0.2, 0) is 9.53 Å². The largest absolute Gasteiger partial charge is 0.382 e. The van der Waals surface area contributed by atoms with Crippen LogP contribution in [0.4, 0.5) is 15.8 Å². The molecular weight excluding hydrogens is 411 g/mol. The molecule has 0 spiro atoms. The molecule has 1 amide bonds. The van der Waals surface area contributed by atoms with Gasteiger partial charge in [-0.25, -0.2) is 9.07 Å². The fraction of sp³-hybridized carbons (Fsp3) is 0.476. The summed E-state index contributed by atoms with van der Waals surface area (Å²) >= 11 is 6.31. The molecule has 0 radical (unpaired) electrons. The Labute approximate surface area is 178 Å². The van der Waals surface area contributed by atoms with Gasteiger partial charge in [-0.3, -0.25) is 9.59 Å². The molecule has 160 valence electrons. The van der Waals surface area contributed by atoms with Crippen LogP contribution in [0.5, 0.6) is 0 Å². The van der Waals surface area contributed by atoms with Crippen LogP contribution in [0.1, 0.15) is 31.7 Å². The molecule has 0 aliphatic carbocycles. The van der Waals surface area contributed by atoms with Gasteiger partial charge in [0, 0.05) is 26.1 Å². The third kappa shape index (κ3) is 4.34. The highest BCUT2D eigenvalue weighted by atomic mass is 35.5. The zero-order valence-electron chi connectivity index (χ0n) is 16.5. The molecule has 2 aliphatic heterocycles. The number of benzene rings is 1. The molecule has 0 saturated carbocycles. The average molecular weight is 435 g/mol. The monoisotopic (exact) mass is 434 g/mol. The van der Waals surface area contributed by atoms with Gasteiger partial charge in [0.2, 0.25) is 5.91 Å². The van der Waals surface area contributed by atoms with E-state index in [1.54, 1.807) is 18.2 Å². The van der Waals surface area contributed by atoms with Crippen molar-refractivity contribution in [3.05, 3.63) is 51.7 Å².